The summed E-state index contributed by atoms with van der Waals surface area (Å²) in [7, 11) is -7.93. The van der Waals surface area contributed by atoms with Gasteiger partial charge in [-0.3, -0.25) is 4.72 Å². The smallest absolute Gasteiger partial charge is 0.246 e. The van der Waals surface area contributed by atoms with Crippen molar-refractivity contribution in [1.82, 2.24) is 0 Å². The average Bonchev–Trinajstić information content (AvgIpc) is 2.15. The van der Waals surface area contributed by atoms with Crippen LogP contribution in [0.4, 0.5) is 5.69 Å². The maximum atomic E-state index is 11.3. The number of nitriles is 1. The van der Waals surface area contributed by atoms with Gasteiger partial charge < -0.3 is 0 Å². The van der Waals surface area contributed by atoms with Crippen molar-refractivity contribution < 1.29 is 16.8 Å². The molecule has 7 nitrogen and oxygen atoms in total. The van der Waals surface area contributed by atoms with E-state index in [1.165, 1.54) is 30.3 Å². The van der Waals surface area contributed by atoms with Crippen molar-refractivity contribution in [2.24, 2.45) is 5.14 Å². The largest absolute Gasteiger partial charge is 0.281 e. The van der Waals surface area contributed by atoms with Gasteiger partial charge >= 0.3 is 0 Å². The highest BCUT2D eigenvalue weighted by atomic mass is 32.2. The highest BCUT2D eigenvalue weighted by molar-refractivity contribution is 7.93. The average molecular weight is 275 g/mol. The van der Waals surface area contributed by atoms with Crippen LogP contribution in [0.15, 0.2) is 29.2 Å². The molecule has 0 unspecified atom stereocenters. The van der Waals surface area contributed by atoms with Crippen molar-refractivity contribution in [1.29, 1.82) is 5.26 Å². The first kappa shape index (κ1) is 13.4. The highest BCUT2D eigenvalue weighted by Crippen LogP contribution is 2.20. The molecule has 0 spiro atoms. The number of benzene rings is 1. The minimum absolute atomic E-state index is 0.176. The summed E-state index contributed by atoms with van der Waals surface area (Å²) in [6.45, 7) is 0. The van der Waals surface area contributed by atoms with Gasteiger partial charge in [0.1, 0.15) is 4.90 Å². The number of sulfonamides is 2. The number of rotatable bonds is 4. The molecule has 1 aromatic rings. The maximum Gasteiger partial charge on any atom is 0.246 e. The van der Waals surface area contributed by atoms with Crippen LogP contribution < -0.4 is 9.86 Å². The van der Waals surface area contributed by atoms with Crippen molar-refractivity contribution in [3.05, 3.63) is 24.3 Å². The molecule has 0 heterocycles. The van der Waals surface area contributed by atoms with Crippen LogP contribution in [0.3, 0.4) is 0 Å². The summed E-state index contributed by atoms with van der Waals surface area (Å²) in [6.07, 6.45) is 0. The lowest BCUT2D eigenvalue weighted by atomic mass is 10.3. The molecule has 9 heteroatoms. The van der Waals surface area contributed by atoms with E-state index in [0.717, 1.165) is 0 Å². The van der Waals surface area contributed by atoms with Gasteiger partial charge in [0.15, 0.2) is 5.75 Å². The predicted octanol–water partition coefficient (Wildman–Crippen LogP) is -0.401. The van der Waals surface area contributed by atoms with Crippen LogP contribution in [0, 0.1) is 11.3 Å². The Kier molecular flexibility index (Phi) is 3.72. The summed E-state index contributed by atoms with van der Waals surface area (Å²) in [4.78, 5) is -0.346. The van der Waals surface area contributed by atoms with Crippen molar-refractivity contribution >= 4 is 25.7 Å². The molecular weight excluding hydrogens is 266 g/mol. The predicted molar refractivity (Wildman–Crippen MR) is 60.8 cm³/mol. The second kappa shape index (κ2) is 4.70. The van der Waals surface area contributed by atoms with E-state index in [9.17, 15) is 16.8 Å². The van der Waals surface area contributed by atoms with Gasteiger partial charge in [0.05, 0.1) is 11.8 Å². The molecule has 0 aliphatic carbocycles. The van der Waals surface area contributed by atoms with Crippen LogP contribution >= 0.6 is 0 Å². The van der Waals surface area contributed by atoms with E-state index >= 15 is 0 Å². The molecule has 1 aromatic carbocycles. The number of hydrogen-bond acceptors (Lipinski definition) is 5. The topological polar surface area (TPSA) is 130 Å². The molecule has 0 bridgehead atoms. The SMILES string of the molecule is N#CCS(=O)(=O)Nc1ccccc1S(N)(=O)=O. The molecule has 0 aliphatic rings. The second-order valence-corrected chi connectivity index (χ2v) is 6.31. The maximum absolute atomic E-state index is 11.3. The van der Waals surface area contributed by atoms with E-state index in [2.05, 4.69) is 0 Å². The number of para-hydroxylation sites is 1. The molecule has 0 amide bonds. The number of nitrogens with one attached hydrogen (secondary N) is 1. The Hall–Kier alpha value is -1.63. The lowest BCUT2D eigenvalue weighted by molar-refractivity contribution is 0.598. The first-order chi connectivity index (χ1) is 7.76. The van der Waals surface area contributed by atoms with Gasteiger partial charge in [-0.1, -0.05) is 12.1 Å². The summed E-state index contributed by atoms with van der Waals surface area (Å²) < 4.78 is 47.0. The summed E-state index contributed by atoms with van der Waals surface area (Å²) in [5.74, 6) is -0.772. The van der Waals surface area contributed by atoms with E-state index in [0.29, 0.717) is 0 Å². The number of hydrogen-bond donors (Lipinski definition) is 2. The monoisotopic (exact) mass is 275 g/mol. The van der Waals surface area contributed by atoms with E-state index in [1.807, 2.05) is 4.72 Å². The van der Waals surface area contributed by atoms with Gasteiger partial charge in [-0.2, -0.15) is 5.26 Å². The van der Waals surface area contributed by atoms with Crippen molar-refractivity contribution in [2.45, 2.75) is 4.90 Å². The Morgan fingerprint density at radius 2 is 1.82 bits per heavy atom. The van der Waals surface area contributed by atoms with Crippen LogP contribution in [-0.4, -0.2) is 22.6 Å². The van der Waals surface area contributed by atoms with E-state index < -0.39 is 25.8 Å². The Morgan fingerprint density at radius 1 is 1.24 bits per heavy atom. The normalized spacial score (nSPS) is 11.8. The molecule has 0 aromatic heterocycles. The Bertz CT molecular complexity index is 658. The molecule has 0 aliphatic heterocycles. The molecule has 0 fully saturated rings. The summed E-state index contributed by atoms with van der Waals surface area (Å²) >= 11 is 0. The molecule has 0 radical (unpaired) electrons. The minimum atomic E-state index is -4.03. The molecule has 3 N–H and O–H groups in total. The number of nitrogens with zero attached hydrogens (tertiary/aromatic N) is 1. The fourth-order valence-corrected chi connectivity index (χ4v) is 2.60. The van der Waals surface area contributed by atoms with Crippen molar-refractivity contribution in [3.63, 3.8) is 0 Å². The summed E-state index contributed by atoms with van der Waals surface area (Å²) in [5, 5.41) is 13.2. The van der Waals surface area contributed by atoms with Crippen LogP contribution in [0.2, 0.25) is 0 Å². The Balaban J connectivity index is 3.23. The van der Waals surface area contributed by atoms with Crippen molar-refractivity contribution in [2.75, 3.05) is 10.5 Å². The van der Waals surface area contributed by atoms with E-state index in [-0.39, 0.29) is 10.6 Å². The lowest BCUT2D eigenvalue weighted by Crippen LogP contribution is -2.20. The van der Waals surface area contributed by atoms with Gasteiger partial charge in [-0.15, -0.1) is 0 Å². The fraction of sp³-hybridized carbons (Fsp3) is 0.125. The van der Waals surface area contributed by atoms with Gasteiger partial charge in [0.25, 0.3) is 0 Å². The zero-order valence-electron chi connectivity index (χ0n) is 8.49. The van der Waals surface area contributed by atoms with Gasteiger partial charge in [-0.05, 0) is 12.1 Å². The van der Waals surface area contributed by atoms with Gasteiger partial charge in [-0.25, -0.2) is 22.0 Å². The summed E-state index contributed by atoms with van der Waals surface area (Å²) in [6, 6.07) is 6.71. The third-order valence-electron chi connectivity index (χ3n) is 1.71. The van der Waals surface area contributed by atoms with E-state index in [1.54, 1.807) is 0 Å². The molecule has 1 rings (SSSR count). The third kappa shape index (κ3) is 3.70. The highest BCUT2D eigenvalue weighted by Gasteiger charge is 2.17. The quantitative estimate of drug-likeness (QED) is 0.772. The minimum Gasteiger partial charge on any atom is -0.281 e. The molecule has 0 atom stereocenters. The lowest BCUT2D eigenvalue weighted by Gasteiger charge is -2.09. The number of nitrogens with two attached hydrogens (primary N) is 1. The molecular formula is C8H9N3O4S2. The summed E-state index contributed by atoms with van der Waals surface area (Å²) in [5.41, 5.74) is -0.176. The number of anilines is 1. The zero-order valence-corrected chi connectivity index (χ0v) is 10.1. The first-order valence-corrected chi connectivity index (χ1v) is 7.45. The van der Waals surface area contributed by atoms with Crippen LogP contribution in [0.25, 0.3) is 0 Å². The van der Waals surface area contributed by atoms with Crippen LogP contribution in [0.1, 0.15) is 0 Å². The molecule has 17 heavy (non-hydrogen) atoms. The van der Waals surface area contributed by atoms with E-state index in [4.69, 9.17) is 10.4 Å². The third-order valence-corrected chi connectivity index (χ3v) is 3.72. The van der Waals surface area contributed by atoms with Gasteiger partial charge in [0.2, 0.25) is 20.0 Å². The van der Waals surface area contributed by atoms with Crippen molar-refractivity contribution in [3.8, 4) is 6.07 Å². The molecule has 0 saturated heterocycles. The van der Waals surface area contributed by atoms with Crippen LogP contribution in [-0.2, 0) is 20.0 Å². The Labute approximate surface area is 99.0 Å². The fourth-order valence-electron chi connectivity index (χ4n) is 1.09. The molecule has 92 valence electrons. The second-order valence-electron chi connectivity index (χ2n) is 3.06. The zero-order chi connectivity index (χ0) is 13.1. The number of primary sulfonamides is 1. The standard InChI is InChI=1S/C8H9N3O4S2/c9-5-6-16(12,13)11-7-3-1-2-4-8(7)17(10,14)15/h1-4,11H,6H2,(H2,10,14,15). The van der Waals surface area contributed by atoms with Gasteiger partial charge in [0, 0.05) is 0 Å². The Morgan fingerprint density at radius 3 is 2.35 bits per heavy atom. The first-order valence-electron chi connectivity index (χ1n) is 4.25. The van der Waals surface area contributed by atoms with Crippen LogP contribution in [0.5, 0.6) is 0 Å². The molecule has 0 saturated carbocycles.